The molecule has 1 atom stereocenters. The topological polar surface area (TPSA) is 53.1 Å². The zero-order valence-corrected chi connectivity index (χ0v) is 18.6. The number of piperidine rings is 1. The van der Waals surface area contributed by atoms with Crippen molar-refractivity contribution in [3.8, 4) is 5.75 Å². The van der Waals surface area contributed by atoms with Crippen LogP contribution in [0.5, 0.6) is 5.75 Å². The van der Waals surface area contributed by atoms with Gasteiger partial charge >= 0.3 is 0 Å². The molecule has 1 spiro atoms. The molecule has 2 aromatic carbocycles. The van der Waals surface area contributed by atoms with Gasteiger partial charge in [-0.15, -0.1) is 11.8 Å². The summed E-state index contributed by atoms with van der Waals surface area (Å²) in [6.07, 6.45) is 4.00. The van der Waals surface area contributed by atoms with Gasteiger partial charge in [0.15, 0.2) is 0 Å². The van der Waals surface area contributed by atoms with Crippen molar-refractivity contribution in [1.29, 1.82) is 0 Å². The van der Waals surface area contributed by atoms with Crippen molar-refractivity contribution in [2.75, 3.05) is 42.4 Å². The summed E-state index contributed by atoms with van der Waals surface area (Å²) in [5.41, 5.74) is 2.55. The molecule has 2 saturated heterocycles. The van der Waals surface area contributed by atoms with Gasteiger partial charge in [0, 0.05) is 23.4 Å². The second kappa shape index (κ2) is 8.20. The predicted molar refractivity (Wildman–Crippen MR) is 123 cm³/mol. The molecule has 7 heteroatoms. The zero-order chi connectivity index (χ0) is 21.4. The van der Waals surface area contributed by atoms with Crippen LogP contribution in [-0.4, -0.2) is 49.3 Å². The van der Waals surface area contributed by atoms with Gasteiger partial charge in [-0.2, -0.15) is 0 Å². The van der Waals surface area contributed by atoms with E-state index in [0.717, 1.165) is 35.8 Å². The van der Waals surface area contributed by atoms with Gasteiger partial charge in [0.2, 0.25) is 10.8 Å². The van der Waals surface area contributed by atoms with Crippen LogP contribution in [0.3, 0.4) is 0 Å². The summed E-state index contributed by atoms with van der Waals surface area (Å²) in [5, 5.41) is 0. The van der Waals surface area contributed by atoms with Crippen molar-refractivity contribution in [3.63, 3.8) is 0 Å². The Kier molecular flexibility index (Phi) is 5.40. The zero-order valence-electron chi connectivity index (χ0n) is 17.8. The molecule has 0 aliphatic carbocycles. The molecule has 1 unspecified atom stereocenters. The summed E-state index contributed by atoms with van der Waals surface area (Å²) in [6.45, 7) is 2.59. The molecule has 0 radical (unpaired) electrons. The molecule has 6 nitrogen and oxygen atoms in total. The van der Waals surface area contributed by atoms with Gasteiger partial charge < -0.3 is 4.74 Å². The van der Waals surface area contributed by atoms with Gasteiger partial charge in [-0.05, 0) is 56.3 Å². The minimum absolute atomic E-state index is 0.0202. The fourth-order valence-corrected chi connectivity index (χ4v) is 6.37. The second-order valence-electron chi connectivity index (χ2n) is 8.24. The summed E-state index contributed by atoms with van der Waals surface area (Å²) < 4.78 is 5.29. The van der Waals surface area contributed by atoms with E-state index in [1.807, 2.05) is 53.4 Å². The highest BCUT2D eigenvalue weighted by molar-refractivity contribution is 8.01. The molecular formula is C24H27N3O3S. The lowest BCUT2D eigenvalue weighted by molar-refractivity contribution is -0.126. The number of hydrogen-bond donors (Lipinski definition) is 0. The van der Waals surface area contributed by atoms with E-state index in [0.29, 0.717) is 18.8 Å². The summed E-state index contributed by atoms with van der Waals surface area (Å²) >= 11 is 1.57. The van der Waals surface area contributed by atoms with E-state index in [4.69, 9.17) is 4.74 Å². The Hall–Kier alpha value is -2.51. The number of para-hydroxylation sites is 1. The Morgan fingerprint density at radius 1 is 1.00 bits per heavy atom. The number of anilines is 2. The number of rotatable bonds is 4. The van der Waals surface area contributed by atoms with Crippen LogP contribution in [0.4, 0.5) is 11.4 Å². The van der Waals surface area contributed by atoms with Gasteiger partial charge in [0.1, 0.15) is 5.75 Å². The van der Waals surface area contributed by atoms with Crippen LogP contribution < -0.4 is 14.5 Å². The summed E-state index contributed by atoms with van der Waals surface area (Å²) in [6, 6.07) is 15.4. The van der Waals surface area contributed by atoms with E-state index in [2.05, 4.69) is 4.90 Å². The second-order valence-corrected chi connectivity index (χ2v) is 9.53. The average Bonchev–Trinajstić information content (AvgIpc) is 3.03. The van der Waals surface area contributed by atoms with E-state index in [1.54, 1.807) is 23.8 Å². The van der Waals surface area contributed by atoms with E-state index in [1.165, 1.54) is 19.3 Å². The van der Waals surface area contributed by atoms with Gasteiger partial charge in [-0.25, -0.2) is 0 Å². The van der Waals surface area contributed by atoms with Crippen LogP contribution in [0.25, 0.3) is 0 Å². The molecule has 3 aliphatic rings. The summed E-state index contributed by atoms with van der Waals surface area (Å²) in [5.74, 6) is 1.31. The third kappa shape index (κ3) is 3.31. The molecular weight excluding hydrogens is 410 g/mol. The normalized spacial score (nSPS) is 24.0. The fraction of sp³-hybridized carbons (Fsp3) is 0.417. The number of amides is 2. The maximum Gasteiger partial charge on any atom is 0.269 e. The fourth-order valence-electron chi connectivity index (χ4n) is 4.90. The van der Waals surface area contributed by atoms with E-state index in [9.17, 15) is 9.59 Å². The highest BCUT2D eigenvalue weighted by Crippen LogP contribution is 2.54. The quantitative estimate of drug-likeness (QED) is 0.728. The SMILES string of the molecule is COc1ccc(N2C(=O)CCSC23C(=O)N(CN2CCCCC2)c2ccccc23)cc1. The summed E-state index contributed by atoms with van der Waals surface area (Å²) in [4.78, 5) is 32.3. The molecule has 0 bridgehead atoms. The van der Waals surface area contributed by atoms with Gasteiger partial charge in [0.25, 0.3) is 5.91 Å². The number of fused-ring (bicyclic) bond motifs is 2. The smallest absolute Gasteiger partial charge is 0.269 e. The number of carbonyl (C=O) groups is 2. The number of hydrogen-bond acceptors (Lipinski definition) is 5. The maximum absolute atomic E-state index is 14.1. The number of methoxy groups -OCH3 is 1. The average molecular weight is 438 g/mol. The van der Waals surface area contributed by atoms with E-state index >= 15 is 0 Å². The highest BCUT2D eigenvalue weighted by Gasteiger charge is 2.59. The standard InChI is InChI=1S/C24H27N3O3S/c1-30-19-11-9-18(10-12-19)27-22(28)13-16-31-24(27)20-7-3-4-8-21(20)26(23(24)29)17-25-14-5-2-6-15-25/h3-4,7-12H,2,5-6,13-17H2,1H3. The van der Waals surface area contributed by atoms with Gasteiger partial charge in [-0.1, -0.05) is 24.6 Å². The molecule has 162 valence electrons. The number of nitrogens with zero attached hydrogens (tertiary/aromatic N) is 3. The largest absolute Gasteiger partial charge is 0.497 e. The minimum atomic E-state index is -1.06. The van der Waals surface area contributed by atoms with E-state index in [-0.39, 0.29) is 11.8 Å². The van der Waals surface area contributed by atoms with Crippen molar-refractivity contribution in [1.82, 2.24) is 4.90 Å². The van der Waals surface area contributed by atoms with Gasteiger partial charge in [0.05, 0.1) is 19.5 Å². The Labute approximate surface area is 187 Å². The Balaban J connectivity index is 1.59. The molecule has 2 fully saturated rings. The van der Waals surface area contributed by atoms with E-state index < -0.39 is 4.87 Å². The van der Waals surface area contributed by atoms with Crippen LogP contribution in [0.1, 0.15) is 31.2 Å². The van der Waals surface area contributed by atoms with Crippen molar-refractivity contribution >= 4 is 35.0 Å². The molecule has 0 saturated carbocycles. The molecule has 5 rings (SSSR count). The van der Waals surface area contributed by atoms with Crippen molar-refractivity contribution < 1.29 is 14.3 Å². The van der Waals surface area contributed by atoms with Crippen LogP contribution in [0.2, 0.25) is 0 Å². The van der Waals surface area contributed by atoms with Crippen LogP contribution >= 0.6 is 11.8 Å². The maximum atomic E-state index is 14.1. The third-order valence-corrected chi connectivity index (χ3v) is 7.81. The van der Waals surface area contributed by atoms with Crippen LogP contribution in [0, 0.1) is 0 Å². The molecule has 3 aliphatic heterocycles. The first-order valence-corrected chi connectivity index (χ1v) is 11.9. The third-order valence-electron chi connectivity index (χ3n) is 6.41. The van der Waals surface area contributed by atoms with Crippen molar-refractivity contribution in [2.45, 2.75) is 30.6 Å². The first-order valence-electron chi connectivity index (χ1n) is 10.9. The van der Waals surface area contributed by atoms with Crippen molar-refractivity contribution in [3.05, 3.63) is 54.1 Å². The monoisotopic (exact) mass is 437 g/mol. The highest BCUT2D eigenvalue weighted by atomic mass is 32.2. The Bertz CT molecular complexity index is 990. The van der Waals surface area contributed by atoms with Crippen molar-refractivity contribution in [2.24, 2.45) is 0 Å². The first kappa shape index (κ1) is 20.4. The minimum Gasteiger partial charge on any atom is -0.497 e. The number of ether oxygens (including phenoxy) is 1. The molecule has 0 N–H and O–H groups in total. The molecule has 31 heavy (non-hydrogen) atoms. The molecule has 2 amide bonds. The van der Waals surface area contributed by atoms with Crippen LogP contribution in [-0.2, 0) is 14.5 Å². The number of carbonyl (C=O) groups excluding carboxylic acids is 2. The molecule has 2 aromatic rings. The molecule has 3 heterocycles. The first-order chi connectivity index (χ1) is 15.1. The Morgan fingerprint density at radius 3 is 2.48 bits per heavy atom. The number of thioether (sulfide) groups is 1. The lowest BCUT2D eigenvalue weighted by Crippen LogP contribution is -2.57. The molecule has 0 aromatic heterocycles. The Morgan fingerprint density at radius 2 is 1.74 bits per heavy atom. The van der Waals surface area contributed by atoms with Gasteiger partial charge in [-0.3, -0.25) is 24.3 Å². The summed E-state index contributed by atoms with van der Waals surface area (Å²) in [7, 11) is 1.62. The number of likely N-dealkylation sites (tertiary alicyclic amines) is 1. The van der Waals surface area contributed by atoms with Crippen LogP contribution in [0.15, 0.2) is 48.5 Å². The lowest BCUT2D eigenvalue weighted by Gasteiger charge is -2.43. The lowest BCUT2D eigenvalue weighted by atomic mass is 10.0. The predicted octanol–water partition coefficient (Wildman–Crippen LogP) is 3.81. The number of benzene rings is 2.